The Labute approximate surface area is 215 Å². The van der Waals surface area contributed by atoms with Crippen LogP contribution in [0.25, 0.3) is 0 Å². The fourth-order valence-corrected chi connectivity index (χ4v) is 5.79. The van der Waals surface area contributed by atoms with E-state index in [9.17, 15) is 22.8 Å². The maximum atomic E-state index is 14.5. The predicted molar refractivity (Wildman–Crippen MR) is 132 cm³/mol. The molecule has 2 aromatic carbocycles. The van der Waals surface area contributed by atoms with Gasteiger partial charge in [0.05, 0.1) is 6.61 Å². The molecule has 0 saturated carbocycles. The molecule has 0 radical (unpaired) electrons. The molecule has 1 N–H and O–H groups in total. The number of piperidine rings is 2. The molecule has 2 amide bonds. The van der Waals surface area contributed by atoms with Gasteiger partial charge in [-0.25, -0.2) is 0 Å². The lowest BCUT2D eigenvalue weighted by molar-refractivity contribution is -0.271. The molecular weight excluding hydrogens is 485 g/mol. The summed E-state index contributed by atoms with van der Waals surface area (Å²) in [5, 5.41) is 2.95. The van der Waals surface area contributed by atoms with Gasteiger partial charge in [-0.3, -0.25) is 9.59 Å². The van der Waals surface area contributed by atoms with Gasteiger partial charge in [0.1, 0.15) is 5.75 Å². The standard InChI is InChI=1S/C28H33F3N2O4/c1-3-17-37-23-12-8-7-11-21(23)22-19-32-24(34)18-26(22)13-15-33(16-14-26)25(35)27(36-2,28(29,30)31)20-9-5-4-6-10-20/h4-12,22H,3,13-19H2,1-2H3,(H,32,34)/t22?,27-/m1/s1. The lowest BCUT2D eigenvalue weighted by Crippen LogP contribution is -2.60. The highest BCUT2D eigenvalue weighted by Crippen LogP contribution is 2.52. The molecule has 9 heteroatoms. The molecule has 4 rings (SSSR count). The Kier molecular flexibility index (Phi) is 7.83. The van der Waals surface area contributed by atoms with Gasteiger partial charge in [-0.2, -0.15) is 13.2 Å². The Balaban J connectivity index is 1.62. The molecule has 0 bridgehead atoms. The molecule has 2 aliphatic heterocycles. The Hall–Kier alpha value is -3.07. The molecule has 2 aromatic rings. The summed E-state index contributed by atoms with van der Waals surface area (Å²) in [6.45, 7) is 3.17. The number of halogens is 3. The second-order valence-electron chi connectivity index (χ2n) is 9.82. The third kappa shape index (κ3) is 4.93. The summed E-state index contributed by atoms with van der Waals surface area (Å²) in [6.07, 6.45) is -3.08. The van der Waals surface area contributed by atoms with Crippen LogP contribution >= 0.6 is 0 Å². The Bertz CT molecular complexity index is 1100. The topological polar surface area (TPSA) is 67.9 Å². The van der Waals surface area contributed by atoms with Crippen molar-refractivity contribution in [2.24, 2.45) is 5.41 Å². The van der Waals surface area contributed by atoms with E-state index in [2.05, 4.69) is 5.32 Å². The first-order valence-corrected chi connectivity index (χ1v) is 12.6. The molecule has 2 fully saturated rings. The van der Waals surface area contributed by atoms with Crippen molar-refractivity contribution in [2.45, 2.75) is 50.3 Å². The van der Waals surface area contributed by atoms with E-state index >= 15 is 0 Å². The van der Waals surface area contributed by atoms with Crippen LogP contribution in [0.2, 0.25) is 0 Å². The van der Waals surface area contributed by atoms with Gasteiger partial charge in [-0.1, -0.05) is 55.5 Å². The van der Waals surface area contributed by atoms with E-state index in [0.717, 1.165) is 24.8 Å². The number of amides is 2. The van der Waals surface area contributed by atoms with Gasteiger partial charge in [0.25, 0.3) is 11.5 Å². The van der Waals surface area contributed by atoms with E-state index in [-0.39, 0.29) is 36.9 Å². The maximum Gasteiger partial charge on any atom is 0.430 e. The van der Waals surface area contributed by atoms with Crippen molar-refractivity contribution in [1.82, 2.24) is 10.2 Å². The number of hydrogen-bond donors (Lipinski definition) is 1. The minimum atomic E-state index is -4.96. The van der Waals surface area contributed by atoms with Crippen LogP contribution in [0.1, 0.15) is 49.7 Å². The van der Waals surface area contributed by atoms with E-state index in [1.807, 2.05) is 31.2 Å². The minimum absolute atomic E-state index is 0.0839. The van der Waals surface area contributed by atoms with E-state index in [1.165, 1.54) is 29.2 Å². The first-order valence-electron chi connectivity index (χ1n) is 12.6. The fourth-order valence-electron chi connectivity index (χ4n) is 5.79. The van der Waals surface area contributed by atoms with Crippen molar-refractivity contribution in [1.29, 1.82) is 0 Å². The highest BCUT2D eigenvalue weighted by molar-refractivity contribution is 5.88. The highest BCUT2D eigenvalue weighted by Gasteiger charge is 2.64. The molecule has 6 nitrogen and oxygen atoms in total. The van der Waals surface area contributed by atoms with Crippen LogP contribution in [-0.4, -0.2) is 56.2 Å². The Morgan fingerprint density at radius 3 is 2.35 bits per heavy atom. The molecule has 2 atom stereocenters. The van der Waals surface area contributed by atoms with Crippen LogP contribution in [0.5, 0.6) is 5.75 Å². The quantitative estimate of drug-likeness (QED) is 0.572. The molecule has 2 saturated heterocycles. The Morgan fingerprint density at radius 2 is 1.73 bits per heavy atom. The van der Waals surface area contributed by atoms with Crippen molar-refractivity contribution in [3.05, 3.63) is 65.7 Å². The van der Waals surface area contributed by atoms with Gasteiger partial charge in [0.2, 0.25) is 5.91 Å². The molecule has 1 spiro atoms. The van der Waals surface area contributed by atoms with Gasteiger partial charge in [-0.15, -0.1) is 0 Å². The number of carbonyl (C=O) groups excluding carboxylic acids is 2. The smallest absolute Gasteiger partial charge is 0.430 e. The maximum absolute atomic E-state index is 14.5. The second kappa shape index (κ2) is 10.7. The molecule has 0 aliphatic carbocycles. The molecule has 1 unspecified atom stereocenters. The number of methoxy groups -OCH3 is 1. The first kappa shape index (κ1) is 27.0. The summed E-state index contributed by atoms with van der Waals surface area (Å²) < 4.78 is 54.4. The fraction of sp³-hybridized carbons (Fsp3) is 0.500. The average molecular weight is 519 g/mol. The zero-order chi connectivity index (χ0) is 26.7. The number of ether oxygens (including phenoxy) is 2. The van der Waals surface area contributed by atoms with Crippen LogP contribution in [-0.2, 0) is 19.9 Å². The summed E-state index contributed by atoms with van der Waals surface area (Å²) in [6, 6.07) is 14.7. The molecule has 2 heterocycles. The van der Waals surface area contributed by atoms with Crippen molar-refractivity contribution in [3.8, 4) is 5.75 Å². The molecule has 37 heavy (non-hydrogen) atoms. The molecular formula is C28H33F3N2O4. The second-order valence-corrected chi connectivity index (χ2v) is 9.82. The van der Waals surface area contributed by atoms with Crippen LogP contribution in [0, 0.1) is 5.41 Å². The van der Waals surface area contributed by atoms with Gasteiger partial charge in [0.15, 0.2) is 0 Å². The number of nitrogens with zero attached hydrogens (tertiary/aromatic N) is 1. The number of likely N-dealkylation sites (tertiary alicyclic amines) is 1. The van der Waals surface area contributed by atoms with Crippen molar-refractivity contribution in [3.63, 3.8) is 0 Å². The lowest BCUT2D eigenvalue weighted by atomic mass is 9.62. The van der Waals surface area contributed by atoms with E-state index in [1.54, 1.807) is 6.07 Å². The normalized spacial score (nSPS) is 21.3. The monoisotopic (exact) mass is 518 g/mol. The van der Waals surface area contributed by atoms with Crippen molar-refractivity contribution in [2.75, 3.05) is 33.4 Å². The summed E-state index contributed by atoms with van der Waals surface area (Å²) >= 11 is 0. The largest absolute Gasteiger partial charge is 0.493 e. The number of rotatable bonds is 7. The minimum Gasteiger partial charge on any atom is -0.493 e. The third-order valence-corrected chi connectivity index (χ3v) is 7.74. The predicted octanol–water partition coefficient (Wildman–Crippen LogP) is 4.79. The van der Waals surface area contributed by atoms with E-state index in [0.29, 0.717) is 26.0 Å². The number of carbonyl (C=O) groups is 2. The third-order valence-electron chi connectivity index (χ3n) is 7.74. The van der Waals surface area contributed by atoms with Crippen LogP contribution in [0.4, 0.5) is 13.2 Å². The summed E-state index contributed by atoms with van der Waals surface area (Å²) in [5.74, 6) is -0.553. The average Bonchev–Trinajstić information content (AvgIpc) is 2.89. The van der Waals surface area contributed by atoms with Gasteiger partial charge >= 0.3 is 6.18 Å². The van der Waals surface area contributed by atoms with Gasteiger partial charge in [-0.05, 0) is 36.3 Å². The van der Waals surface area contributed by atoms with Crippen LogP contribution in [0.3, 0.4) is 0 Å². The van der Waals surface area contributed by atoms with Crippen molar-refractivity contribution < 1.29 is 32.2 Å². The Morgan fingerprint density at radius 1 is 1.08 bits per heavy atom. The summed E-state index contributed by atoms with van der Waals surface area (Å²) in [5.41, 5.74) is -2.87. The number of benzene rings is 2. The zero-order valence-corrected chi connectivity index (χ0v) is 21.1. The van der Waals surface area contributed by atoms with Crippen LogP contribution in [0.15, 0.2) is 54.6 Å². The van der Waals surface area contributed by atoms with E-state index < -0.39 is 23.1 Å². The summed E-state index contributed by atoms with van der Waals surface area (Å²) in [4.78, 5) is 27.3. The molecule has 0 aromatic heterocycles. The van der Waals surface area contributed by atoms with Crippen LogP contribution < -0.4 is 10.1 Å². The summed E-state index contributed by atoms with van der Waals surface area (Å²) in [7, 11) is 0.915. The van der Waals surface area contributed by atoms with E-state index in [4.69, 9.17) is 9.47 Å². The number of para-hydroxylation sites is 1. The highest BCUT2D eigenvalue weighted by atomic mass is 19.4. The number of hydrogen-bond acceptors (Lipinski definition) is 4. The number of nitrogens with one attached hydrogen (secondary N) is 1. The van der Waals surface area contributed by atoms with Gasteiger partial charge < -0.3 is 19.7 Å². The van der Waals surface area contributed by atoms with Gasteiger partial charge in [0, 0.05) is 44.6 Å². The number of alkyl halides is 3. The SMILES string of the molecule is CCCOc1ccccc1C1CNC(=O)CC12CCN(C(=O)[C@](OC)(c1ccccc1)C(F)(F)F)CC2. The molecule has 2 aliphatic rings. The molecule has 200 valence electrons. The first-order chi connectivity index (χ1) is 17.7. The van der Waals surface area contributed by atoms with Crippen molar-refractivity contribution >= 4 is 11.8 Å². The lowest BCUT2D eigenvalue weighted by Gasteiger charge is -2.50. The zero-order valence-electron chi connectivity index (χ0n) is 21.1.